The average molecular weight is 300 g/mol. The van der Waals surface area contributed by atoms with Crippen LogP contribution >= 0.6 is 0 Å². The lowest BCUT2D eigenvalue weighted by Crippen LogP contribution is -2.29. The van der Waals surface area contributed by atoms with E-state index in [2.05, 4.69) is 10.6 Å². The third-order valence-corrected chi connectivity index (χ3v) is 3.45. The highest BCUT2D eigenvalue weighted by molar-refractivity contribution is 5.77. The lowest BCUT2D eigenvalue weighted by Gasteiger charge is -2.20. The second-order valence-corrected chi connectivity index (χ2v) is 5.17. The molecule has 1 amide bonds. The molecule has 0 saturated carbocycles. The fourth-order valence-electron chi connectivity index (χ4n) is 2.35. The van der Waals surface area contributed by atoms with Gasteiger partial charge in [-0.25, -0.2) is 4.39 Å². The second-order valence-electron chi connectivity index (χ2n) is 5.17. The molecule has 0 heterocycles. The molecule has 22 heavy (non-hydrogen) atoms. The van der Waals surface area contributed by atoms with Gasteiger partial charge in [0.05, 0.1) is 6.04 Å². The molecule has 3 nitrogen and oxygen atoms in total. The van der Waals surface area contributed by atoms with Gasteiger partial charge >= 0.3 is 0 Å². The molecule has 1 atom stereocenters. The summed E-state index contributed by atoms with van der Waals surface area (Å²) in [6.45, 7) is 0.795. The maximum Gasteiger partial charge on any atom is 0.220 e. The molecule has 116 valence electrons. The van der Waals surface area contributed by atoms with Crippen LogP contribution in [0.3, 0.4) is 0 Å². The van der Waals surface area contributed by atoms with E-state index < -0.39 is 0 Å². The first-order chi connectivity index (χ1) is 10.7. The van der Waals surface area contributed by atoms with Crippen molar-refractivity contribution >= 4 is 5.91 Å². The zero-order valence-electron chi connectivity index (χ0n) is 12.7. The van der Waals surface area contributed by atoms with Gasteiger partial charge in [0, 0.05) is 6.42 Å². The molecule has 0 bridgehead atoms. The SMILES string of the molecule is CNCCCC(=O)NC(c1ccccc1)c1cccc(F)c1. The Morgan fingerprint density at radius 2 is 1.82 bits per heavy atom. The minimum Gasteiger partial charge on any atom is -0.345 e. The van der Waals surface area contributed by atoms with Crippen molar-refractivity contribution < 1.29 is 9.18 Å². The van der Waals surface area contributed by atoms with Crippen LogP contribution in [0, 0.1) is 5.82 Å². The zero-order valence-corrected chi connectivity index (χ0v) is 12.7. The normalized spacial score (nSPS) is 11.9. The van der Waals surface area contributed by atoms with Crippen molar-refractivity contribution in [2.75, 3.05) is 13.6 Å². The highest BCUT2D eigenvalue weighted by atomic mass is 19.1. The standard InChI is InChI=1S/C18H21FN2O/c1-20-12-6-11-17(22)21-18(14-7-3-2-4-8-14)15-9-5-10-16(19)13-15/h2-5,7-10,13,18,20H,6,11-12H2,1H3,(H,21,22). The topological polar surface area (TPSA) is 41.1 Å². The number of hydrogen-bond donors (Lipinski definition) is 2. The summed E-state index contributed by atoms with van der Waals surface area (Å²) in [6, 6.07) is 15.6. The minimum atomic E-state index is -0.334. The first-order valence-electron chi connectivity index (χ1n) is 7.45. The van der Waals surface area contributed by atoms with Crippen molar-refractivity contribution in [1.82, 2.24) is 10.6 Å². The third-order valence-electron chi connectivity index (χ3n) is 3.45. The summed E-state index contributed by atoms with van der Waals surface area (Å²) in [5, 5.41) is 6.02. The van der Waals surface area contributed by atoms with E-state index in [0.29, 0.717) is 6.42 Å². The molecule has 2 N–H and O–H groups in total. The zero-order chi connectivity index (χ0) is 15.8. The van der Waals surface area contributed by atoms with Gasteiger partial charge in [-0.1, -0.05) is 42.5 Å². The van der Waals surface area contributed by atoms with Crippen LogP contribution in [0.2, 0.25) is 0 Å². The van der Waals surface area contributed by atoms with Crippen LogP contribution in [-0.4, -0.2) is 19.5 Å². The molecular formula is C18H21FN2O. The summed E-state index contributed by atoms with van der Waals surface area (Å²) in [4.78, 5) is 12.1. The quantitative estimate of drug-likeness (QED) is 0.772. The number of amides is 1. The number of benzene rings is 2. The van der Waals surface area contributed by atoms with Gasteiger partial charge < -0.3 is 10.6 Å². The molecule has 0 aliphatic heterocycles. The van der Waals surface area contributed by atoms with E-state index in [-0.39, 0.29) is 17.8 Å². The summed E-state index contributed by atoms with van der Waals surface area (Å²) >= 11 is 0. The summed E-state index contributed by atoms with van der Waals surface area (Å²) < 4.78 is 13.5. The minimum absolute atomic E-state index is 0.0339. The predicted molar refractivity (Wildman–Crippen MR) is 86.0 cm³/mol. The molecule has 0 radical (unpaired) electrons. The Morgan fingerprint density at radius 3 is 2.50 bits per heavy atom. The molecule has 1 unspecified atom stereocenters. The van der Waals surface area contributed by atoms with Gasteiger partial charge in [-0.3, -0.25) is 4.79 Å². The molecule has 0 saturated heterocycles. The van der Waals surface area contributed by atoms with E-state index >= 15 is 0 Å². The summed E-state index contributed by atoms with van der Waals surface area (Å²) in [7, 11) is 1.86. The predicted octanol–water partition coefficient (Wildman–Crippen LogP) is 3.03. The van der Waals surface area contributed by atoms with E-state index in [1.54, 1.807) is 6.07 Å². The smallest absolute Gasteiger partial charge is 0.220 e. The lowest BCUT2D eigenvalue weighted by molar-refractivity contribution is -0.121. The van der Waals surface area contributed by atoms with E-state index in [1.165, 1.54) is 12.1 Å². The van der Waals surface area contributed by atoms with Crippen LogP contribution in [0.4, 0.5) is 4.39 Å². The van der Waals surface area contributed by atoms with Crippen molar-refractivity contribution in [3.8, 4) is 0 Å². The van der Waals surface area contributed by atoms with Crippen LogP contribution < -0.4 is 10.6 Å². The van der Waals surface area contributed by atoms with Crippen LogP contribution in [0.25, 0.3) is 0 Å². The fourth-order valence-corrected chi connectivity index (χ4v) is 2.35. The Morgan fingerprint density at radius 1 is 1.09 bits per heavy atom. The number of nitrogens with one attached hydrogen (secondary N) is 2. The van der Waals surface area contributed by atoms with E-state index in [9.17, 15) is 9.18 Å². The van der Waals surface area contributed by atoms with Gasteiger partial charge in [0.2, 0.25) is 5.91 Å². The number of rotatable bonds is 7. The van der Waals surface area contributed by atoms with E-state index in [0.717, 1.165) is 24.1 Å². The maximum absolute atomic E-state index is 13.5. The molecule has 0 aliphatic carbocycles. The van der Waals surface area contributed by atoms with Crippen LogP contribution in [0.5, 0.6) is 0 Å². The van der Waals surface area contributed by atoms with Crippen molar-refractivity contribution in [3.63, 3.8) is 0 Å². The highest BCUT2D eigenvalue weighted by Gasteiger charge is 2.16. The van der Waals surface area contributed by atoms with Gasteiger partial charge in [0.1, 0.15) is 5.82 Å². The summed E-state index contributed by atoms with van der Waals surface area (Å²) in [5.41, 5.74) is 1.68. The van der Waals surface area contributed by atoms with Crippen molar-refractivity contribution in [2.24, 2.45) is 0 Å². The molecule has 0 aliphatic rings. The largest absolute Gasteiger partial charge is 0.345 e. The van der Waals surface area contributed by atoms with E-state index in [4.69, 9.17) is 0 Å². The Bertz CT molecular complexity index is 601. The van der Waals surface area contributed by atoms with Crippen molar-refractivity contribution in [2.45, 2.75) is 18.9 Å². The monoisotopic (exact) mass is 300 g/mol. The molecule has 2 aromatic rings. The Balaban J connectivity index is 2.17. The molecule has 2 rings (SSSR count). The molecule has 0 spiro atoms. The number of hydrogen-bond acceptors (Lipinski definition) is 2. The average Bonchev–Trinajstić information content (AvgIpc) is 2.54. The van der Waals surface area contributed by atoms with Crippen LogP contribution in [0.1, 0.15) is 30.0 Å². The van der Waals surface area contributed by atoms with Gasteiger partial charge in [0.25, 0.3) is 0 Å². The summed E-state index contributed by atoms with van der Waals surface area (Å²) in [6.07, 6.45) is 1.21. The maximum atomic E-state index is 13.5. The lowest BCUT2D eigenvalue weighted by atomic mass is 9.98. The summed E-state index contributed by atoms with van der Waals surface area (Å²) in [5.74, 6) is -0.337. The van der Waals surface area contributed by atoms with E-state index in [1.807, 2.05) is 43.4 Å². The number of carbonyl (C=O) groups excluding carboxylic acids is 1. The first-order valence-corrected chi connectivity index (χ1v) is 7.45. The molecular weight excluding hydrogens is 279 g/mol. The fraction of sp³-hybridized carbons (Fsp3) is 0.278. The molecule has 0 aromatic heterocycles. The van der Waals surface area contributed by atoms with Gasteiger partial charge in [-0.05, 0) is 43.3 Å². The Kier molecular flexibility index (Phi) is 6.10. The highest BCUT2D eigenvalue weighted by Crippen LogP contribution is 2.22. The Labute approximate surface area is 130 Å². The van der Waals surface area contributed by atoms with Crippen LogP contribution in [-0.2, 0) is 4.79 Å². The van der Waals surface area contributed by atoms with Gasteiger partial charge in [-0.2, -0.15) is 0 Å². The number of carbonyl (C=O) groups is 1. The van der Waals surface area contributed by atoms with Crippen molar-refractivity contribution in [1.29, 1.82) is 0 Å². The third kappa shape index (κ3) is 4.67. The first kappa shape index (κ1) is 16.2. The van der Waals surface area contributed by atoms with Gasteiger partial charge in [0.15, 0.2) is 0 Å². The van der Waals surface area contributed by atoms with Crippen LogP contribution in [0.15, 0.2) is 54.6 Å². The second kappa shape index (κ2) is 8.29. The van der Waals surface area contributed by atoms with Gasteiger partial charge in [-0.15, -0.1) is 0 Å². The van der Waals surface area contributed by atoms with Crippen molar-refractivity contribution in [3.05, 3.63) is 71.5 Å². The number of halogens is 1. The Hall–Kier alpha value is -2.20. The molecule has 2 aromatic carbocycles. The molecule has 4 heteroatoms. The molecule has 0 fully saturated rings.